The van der Waals surface area contributed by atoms with Gasteiger partial charge in [0, 0.05) is 6.42 Å². The molecule has 1 atom stereocenters. The zero-order valence-electron chi connectivity index (χ0n) is 6.35. The van der Waals surface area contributed by atoms with E-state index in [1.807, 2.05) is 0 Å². The van der Waals surface area contributed by atoms with Gasteiger partial charge in [-0.2, -0.15) is 0 Å². The molecule has 0 amide bonds. The van der Waals surface area contributed by atoms with Crippen molar-refractivity contribution in [2.75, 3.05) is 0 Å². The molecule has 1 rings (SSSR count). The summed E-state index contributed by atoms with van der Waals surface area (Å²) >= 11 is 0. The van der Waals surface area contributed by atoms with Crippen LogP contribution in [0.5, 0.6) is 0 Å². The Morgan fingerprint density at radius 1 is 1.33 bits per heavy atom. The molecule has 0 saturated heterocycles. The number of hydrogen-bond donors (Lipinski definition) is 0. The van der Waals surface area contributed by atoms with Crippen molar-refractivity contribution < 1.29 is 0 Å². The van der Waals surface area contributed by atoms with Gasteiger partial charge in [-0.15, -0.1) is 0 Å². The monoisotopic (exact) mass is 123 g/mol. The third kappa shape index (κ3) is 1.78. The van der Waals surface area contributed by atoms with E-state index in [9.17, 15) is 0 Å². The topological polar surface area (TPSA) is 0 Å². The fourth-order valence-corrected chi connectivity index (χ4v) is 1.32. The van der Waals surface area contributed by atoms with E-state index in [2.05, 4.69) is 26.0 Å². The maximum Gasteiger partial charge on any atom is 0.103 e. The zero-order valence-corrected chi connectivity index (χ0v) is 6.35. The molecule has 0 aromatic carbocycles. The molecule has 0 aromatic rings. The molecule has 9 heavy (non-hydrogen) atoms. The summed E-state index contributed by atoms with van der Waals surface area (Å²) in [6, 6.07) is 0. The first-order valence-corrected chi connectivity index (χ1v) is 3.76. The van der Waals surface area contributed by atoms with Crippen LogP contribution < -0.4 is 0 Å². The minimum absolute atomic E-state index is 0.884. The van der Waals surface area contributed by atoms with Crippen LogP contribution in [0.1, 0.15) is 33.1 Å². The van der Waals surface area contributed by atoms with Gasteiger partial charge in [-0.05, 0) is 12.8 Å². The van der Waals surface area contributed by atoms with Crippen molar-refractivity contribution in [3.8, 4) is 0 Å². The van der Waals surface area contributed by atoms with E-state index in [0.717, 1.165) is 5.92 Å². The Morgan fingerprint density at radius 2 is 2.11 bits per heavy atom. The second kappa shape index (κ2) is 2.95. The highest BCUT2D eigenvalue weighted by Crippen LogP contribution is 2.26. The first-order valence-electron chi connectivity index (χ1n) is 3.76. The maximum absolute atomic E-state index is 2.31. The number of hydrogen-bond acceptors (Lipinski definition) is 0. The van der Waals surface area contributed by atoms with Crippen molar-refractivity contribution in [1.29, 1.82) is 0 Å². The fourth-order valence-electron chi connectivity index (χ4n) is 1.32. The lowest BCUT2D eigenvalue weighted by molar-refractivity contribution is 0.498. The molecule has 0 saturated carbocycles. The largest absolute Gasteiger partial charge is 0.103 e. The average Bonchev–Trinajstić information content (AvgIpc) is 1.90. The van der Waals surface area contributed by atoms with E-state index in [0.29, 0.717) is 0 Å². The van der Waals surface area contributed by atoms with Gasteiger partial charge in [-0.25, -0.2) is 0 Å². The van der Waals surface area contributed by atoms with Gasteiger partial charge in [-0.3, -0.25) is 0 Å². The normalized spacial score (nSPS) is 26.2. The Hall–Kier alpha value is -0.390. The summed E-state index contributed by atoms with van der Waals surface area (Å²) in [6.45, 7) is 4.48. The molecular weight excluding hydrogens is 108 g/mol. The van der Waals surface area contributed by atoms with Crippen molar-refractivity contribution >= 4 is 0 Å². The summed E-state index contributed by atoms with van der Waals surface area (Å²) in [5.74, 6) is 2.48. The molecule has 1 unspecified atom stereocenters. The highest BCUT2D eigenvalue weighted by atomic mass is 14.2. The van der Waals surface area contributed by atoms with E-state index >= 15 is 0 Å². The van der Waals surface area contributed by atoms with Crippen molar-refractivity contribution in [3.63, 3.8) is 0 Å². The molecule has 0 heteroatoms. The number of allylic oxidation sites excluding steroid dienone is 2. The van der Waals surface area contributed by atoms with Gasteiger partial charge in [-0.1, -0.05) is 12.2 Å². The summed E-state index contributed by atoms with van der Waals surface area (Å²) in [4.78, 5) is 0. The Kier molecular flexibility index (Phi) is 2.21. The Morgan fingerprint density at radius 3 is 2.44 bits per heavy atom. The zero-order chi connectivity index (χ0) is 6.69. The summed E-state index contributed by atoms with van der Waals surface area (Å²) in [5.41, 5.74) is 0. The summed E-state index contributed by atoms with van der Waals surface area (Å²) < 4.78 is 0. The smallest absolute Gasteiger partial charge is 0.0882 e. The van der Waals surface area contributed by atoms with Gasteiger partial charge in [0.1, 0.15) is 5.92 Å². The molecule has 0 bridgehead atoms. The molecule has 0 heterocycles. The van der Waals surface area contributed by atoms with Crippen LogP contribution in [0.4, 0.5) is 0 Å². The minimum atomic E-state index is 0.884. The average molecular weight is 123 g/mol. The molecule has 1 aliphatic carbocycles. The van der Waals surface area contributed by atoms with Crippen LogP contribution in [0.15, 0.2) is 12.2 Å². The van der Waals surface area contributed by atoms with Crippen LogP contribution in [-0.2, 0) is 0 Å². The van der Waals surface area contributed by atoms with Crippen LogP contribution in [0.3, 0.4) is 0 Å². The van der Waals surface area contributed by atoms with Crippen LogP contribution in [-0.4, -0.2) is 0 Å². The van der Waals surface area contributed by atoms with Crippen molar-refractivity contribution in [3.05, 3.63) is 18.1 Å². The molecule has 0 nitrogen and oxygen atoms in total. The molecule has 0 aromatic heterocycles. The number of rotatable bonds is 1. The lowest BCUT2D eigenvalue weighted by Gasteiger charge is -2.12. The van der Waals surface area contributed by atoms with Gasteiger partial charge in [0.15, 0.2) is 0 Å². The minimum Gasteiger partial charge on any atom is -0.0882 e. The van der Waals surface area contributed by atoms with Gasteiger partial charge >= 0.3 is 0 Å². The van der Waals surface area contributed by atoms with E-state index in [-0.39, 0.29) is 0 Å². The Balaban J connectivity index is 2.35. The predicted octanol–water partition coefficient (Wildman–Crippen LogP) is 2.96. The first kappa shape index (κ1) is 6.73. The molecule has 0 spiro atoms. The molecule has 0 radical (unpaired) electrons. The summed E-state index contributed by atoms with van der Waals surface area (Å²) in [6.07, 6.45) is 8.54. The summed E-state index contributed by atoms with van der Waals surface area (Å²) in [7, 11) is 0. The van der Waals surface area contributed by atoms with Gasteiger partial charge in [0.25, 0.3) is 0 Å². The molecule has 0 fully saturated rings. The predicted molar refractivity (Wildman–Crippen MR) is 41.1 cm³/mol. The second-order valence-corrected chi connectivity index (χ2v) is 3.06. The lowest BCUT2D eigenvalue weighted by Crippen LogP contribution is -2.07. The molecule has 50 valence electrons. The van der Waals surface area contributed by atoms with Crippen molar-refractivity contribution in [2.24, 2.45) is 5.92 Å². The Bertz CT molecular complexity index is 101. The SMILES string of the molecule is C[C+](C)C1CC=CCC1. The summed E-state index contributed by atoms with van der Waals surface area (Å²) in [5, 5.41) is 0. The van der Waals surface area contributed by atoms with Crippen LogP contribution in [0.25, 0.3) is 0 Å². The fraction of sp³-hybridized carbons (Fsp3) is 0.667. The van der Waals surface area contributed by atoms with Crippen molar-refractivity contribution in [2.45, 2.75) is 33.1 Å². The molecule has 0 aliphatic heterocycles. The van der Waals surface area contributed by atoms with E-state index in [1.165, 1.54) is 19.3 Å². The van der Waals surface area contributed by atoms with Crippen molar-refractivity contribution in [1.82, 2.24) is 0 Å². The second-order valence-electron chi connectivity index (χ2n) is 3.06. The molecule has 0 N–H and O–H groups in total. The third-order valence-electron chi connectivity index (χ3n) is 2.09. The van der Waals surface area contributed by atoms with Crippen LogP contribution in [0.2, 0.25) is 0 Å². The highest BCUT2D eigenvalue weighted by Gasteiger charge is 2.21. The van der Waals surface area contributed by atoms with E-state index in [1.54, 1.807) is 5.92 Å². The maximum atomic E-state index is 2.31. The van der Waals surface area contributed by atoms with Gasteiger partial charge in [0.2, 0.25) is 0 Å². The van der Waals surface area contributed by atoms with Gasteiger partial charge in [0.05, 0.1) is 19.8 Å². The quantitative estimate of drug-likeness (QED) is 0.371. The van der Waals surface area contributed by atoms with E-state index in [4.69, 9.17) is 0 Å². The van der Waals surface area contributed by atoms with E-state index < -0.39 is 0 Å². The van der Waals surface area contributed by atoms with Crippen LogP contribution in [0, 0.1) is 11.8 Å². The molecule has 1 aliphatic rings. The highest BCUT2D eigenvalue weighted by molar-refractivity contribution is 4.98. The lowest BCUT2D eigenvalue weighted by atomic mass is 9.85. The van der Waals surface area contributed by atoms with Crippen LogP contribution >= 0.6 is 0 Å². The third-order valence-corrected chi connectivity index (χ3v) is 2.09. The first-order chi connectivity index (χ1) is 4.30. The van der Waals surface area contributed by atoms with Gasteiger partial charge < -0.3 is 0 Å². The standard InChI is InChI=1S/C9H15/c1-8(2)9-6-4-3-5-7-9/h3-4,9H,5-7H2,1-2H3/q+1. The Labute approximate surface area is 58.0 Å². The molecular formula is C9H15+.